The molecule has 8 heteroatoms. The van der Waals surface area contributed by atoms with E-state index in [0.29, 0.717) is 17.1 Å². The summed E-state index contributed by atoms with van der Waals surface area (Å²) in [6.45, 7) is 5.28. The molecule has 0 spiro atoms. The molecule has 114 valence electrons. The molecule has 2 rings (SSSR count). The van der Waals surface area contributed by atoms with Crippen LogP contribution in [0.5, 0.6) is 0 Å². The van der Waals surface area contributed by atoms with E-state index in [1.807, 2.05) is 0 Å². The van der Waals surface area contributed by atoms with Gasteiger partial charge in [-0.1, -0.05) is 5.16 Å². The highest BCUT2D eigenvalue weighted by atomic mass is 32.2. The Hall–Kier alpha value is -1.93. The third-order valence-corrected chi connectivity index (χ3v) is 4.77. The maximum Gasteiger partial charge on any atom is 0.244 e. The molecule has 0 saturated heterocycles. The Labute approximate surface area is 123 Å². The maximum atomic E-state index is 12.5. The molecule has 7 nitrogen and oxygen atoms in total. The van der Waals surface area contributed by atoms with Crippen LogP contribution in [0.1, 0.15) is 30.0 Å². The molecule has 2 heterocycles. The summed E-state index contributed by atoms with van der Waals surface area (Å²) in [5.74, 6) is 0.600. The summed E-state index contributed by atoms with van der Waals surface area (Å²) in [4.78, 5) is 3.98. The van der Waals surface area contributed by atoms with Crippen LogP contribution in [0.15, 0.2) is 27.9 Å². The molecule has 1 unspecified atom stereocenters. The number of sulfonamides is 1. The molecule has 2 aromatic rings. The number of aryl methyl sites for hydroxylation is 2. The van der Waals surface area contributed by atoms with E-state index in [1.54, 1.807) is 33.9 Å². The van der Waals surface area contributed by atoms with Crippen molar-refractivity contribution in [2.24, 2.45) is 0 Å². The maximum absolute atomic E-state index is 12.5. The Balaban J connectivity index is 2.34. The third-order valence-electron chi connectivity index (χ3n) is 3.20. The van der Waals surface area contributed by atoms with Gasteiger partial charge >= 0.3 is 0 Å². The second-order valence-electron chi connectivity index (χ2n) is 4.70. The van der Waals surface area contributed by atoms with Crippen molar-refractivity contribution in [3.8, 4) is 0 Å². The van der Waals surface area contributed by atoms with Gasteiger partial charge < -0.3 is 9.84 Å². The fraction of sp³-hybridized carbons (Fsp3) is 0.385. The molecule has 0 amide bonds. The highest BCUT2D eigenvalue weighted by Crippen LogP contribution is 2.25. The van der Waals surface area contributed by atoms with Gasteiger partial charge in [-0.25, -0.2) is 13.1 Å². The van der Waals surface area contributed by atoms with Crippen molar-refractivity contribution in [3.05, 3.63) is 35.5 Å². The smallest absolute Gasteiger partial charge is 0.244 e. The van der Waals surface area contributed by atoms with Crippen LogP contribution in [0.4, 0.5) is 5.69 Å². The van der Waals surface area contributed by atoms with E-state index in [-0.39, 0.29) is 4.90 Å². The van der Waals surface area contributed by atoms with Gasteiger partial charge in [-0.3, -0.25) is 4.98 Å². The lowest BCUT2D eigenvalue weighted by Crippen LogP contribution is -2.28. The van der Waals surface area contributed by atoms with E-state index in [4.69, 9.17) is 4.52 Å². The van der Waals surface area contributed by atoms with Crippen LogP contribution in [0.25, 0.3) is 0 Å². The molecule has 0 saturated carbocycles. The molecule has 0 aromatic carbocycles. The van der Waals surface area contributed by atoms with Crippen molar-refractivity contribution in [2.75, 3.05) is 12.4 Å². The van der Waals surface area contributed by atoms with Crippen LogP contribution in [0, 0.1) is 13.8 Å². The summed E-state index contributed by atoms with van der Waals surface area (Å²) in [6, 6.07) is 1.15. The second-order valence-corrected chi connectivity index (χ2v) is 6.39. The predicted octanol–water partition coefficient (Wildman–Crippen LogP) is 1.77. The van der Waals surface area contributed by atoms with Gasteiger partial charge in [-0.05, 0) is 26.8 Å². The van der Waals surface area contributed by atoms with Crippen LogP contribution in [0.2, 0.25) is 0 Å². The van der Waals surface area contributed by atoms with E-state index >= 15 is 0 Å². The third kappa shape index (κ3) is 3.06. The minimum absolute atomic E-state index is 0.103. The van der Waals surface area contributed by atoms with Crippen LogP contribution in [-0.4, -0.2) is 25.6 Å². The fourth-order valence-electron chi connectivity index (χ4n) is 2.26. The van der Waals surface area contributed by atoms with E-state index in [9.17, 15) is 8.42 Å². The number of anilines is 1. The Bertz CT molecular complexity index is 720. The van der Waals surface area contributed by atoms with Gasteiger partial charge in [0.1, 0.15) is 10.7 Å². The van der Waals surface area contributed by atoms with Gasteiger partial charge in [0.15, 0.2) is 0 Å². The van der Waals surface area contributed by atoms with E-state index < -0.39 is 16.1 Å². The highest BCUT2D eigenvalue weighted by molar-refractivity contribution is 7.89. The monoisotopic (exact) mass is 310 g/mol. The number of hydrogen-bond acceptors (Lipinski definition) is 6. The molecule has 0 fully saturated rings. The number of pyridine rings is 1. The lowest BCUT2D eigenvalue weighted by atomic mass is 10.1. The number of nitrogens with zero attached hydrogens (tertiary/aromatic N) is 2. The number of hydrogen-bond donors (Lipinski definition) is 2. The molecule has 1 atom stereocenters. The Morgan fingerprint density at radius 1 is 1.33 bits per heavy atom. The van der Waals surface area contributed by atoms with Crippen LogP contribution < -0.4 is 10.0 Å². The number of aromatic nitrogens is 2. The average Bonchev–Trinajstić information content (AvgIpc) is 2.77. The van der Waals surface area contributed by atoms with Gasteiger partial charge in [0.2, 0.25) is 10.0 Å². The van der Waals surface area contributed by atoms with Gasteiger partial charge in [0, 0.05) is 31.0 Å². The molecule has 2 aromatic heterocycles. The quantitative estimate of drug-likeness (QED) is 0.873. The Morgan fingerprint density at radius 3 is 2.62 bits per heavy atom. The second kappa shape index (κ2) is 5.82. The van der Waals surface area contributed by atoms with Crippen molar-refractivity contribution >= 4 is 15.7 Å². The van der Waals surface area contributed by atoms with Gasteiger partial charge in [-0.2, -0.15) is 0 Å². The predicted molar refractivity (Wildman–Crippen MR) is 78.5 cm³/mol. The van der Waals surface area contributed by atoms with Gasteiger partial charge in [0.05, 0.1) is 11.4 Å². The first kappa shape index (κ1) is 15.5. The summed E-state index contributed by atoms with van der Waals surface area (Å²) in [7, 11) is -2.05. The van der Waals surface area contributed by atoms with Gasteiger partial charge in [0.25, 0.3) is 0 Å². The zero-order valence-corrected chi connectivity index (χ0v) is 13.2. The topological polar surface area (TPSA) is 97.1 Å². The minimum Gasteiger partial charge on any atom is -0.387 e. The summed E-state index contributed by atoms with van der Waals surface area (Å²) in [5.41, 5.74) is 1.90. The van der Waals surface area contributed by atoms with E-state index in [2.05, 4.69) is 20.2 Å². The lowest BCUT2D eigenvalue weighted by Gasteiger charge is -2.15. The first-order valence-electron chi connectivity index (χ1n) is 6.43. The summed E-state index contributed by atoms with van der Waals surface area (Å²) < 4.78 is 32.7. The van der Waals surface area contributed by atoms with Crippen molar-refractivity contribution in [1.82, 2.24) is 14.9 Å². The zero-order chi connectivity index (χ0) is 15.6. The van der Waals surface area contributed by atoms with Crippen LogP contribution in [-0.2, 0) is 10.0 Å². The Morgan fingerprint density at radius 2 is 2.05 bits per heavy atom. The zero-order valence-electron chi connectivity index (χ0n) is 12.3. The first-order valence-corrected chi connectivity index (χ1v) is 7.92. The minimum atomic E-state index is -3.71. The molecule has 0 aliphatic heterocycles. The average molecular weight is 310 g/mol. The normalized spacial score (nSPS) is 13.1. The standard InChI is InChI=1S/C13H18N4O3S/c1-8-13(10(3)20-16-8)9(2)17-21(18,19)12-7-15-6-5-11(12)14-4/h5-7,9,17H,1-4H3,(H,14,15). The van der Waals surface area contributed by atoms with E-state index in [1.165, 1.54) is 12.4 Å². The molecule has 0 aliphatic carbocycles. The van der Waals surface area contributed by atoms with Crippen LogP contribution >= 0.6 is 0 Å². The number of rotatable bonds is 5. The van der Waals surface area contributed by atoms with Crippen molar-refractivity contribution in [2.45, 2.75) is 31.7 Å². The van der Waals surface area contributed by atoms with Crippen molar-refractivity contribution < 1.29 is 12.9 Å². The summed E-state index contributed by atoms with van der Waals surface area (Å²) in [5, 5.41) is 6.68. The van der Waals surface area contributed by atoms with Crippen LogP contribution in [0.3, 0.4) is 0 Å². The molecule has 2 N–H and O–H groups in total. The molecule has 0 bridgehead atoms. The highest BCUT2D eigenvalue weighted by Gasteiger charge is 2.25. The van der Waals surface area contributed by atoms with Crippen molar-refractivity contribution in [3.63, 3.8) is 0 Å². The Kier molecular flexibility index (Phi) is 4.29. The lowest BCUT2D eigenvalue weighted by molar-refractivity contribution is 0.391. The fourth-order valence-corrected chi connectivity index (χ4v) is 3.63. The largest absolute Gasteiger partial charge is 0.387 e. The molecule has 0 radical (unpaired) electrons. The van der Waals surface area contributed by atoms with E-state index in [0.717, 1.165) is 5.56 Å². The first-order chi connectivity index (χ1) is 9.86. The molecular formula is C13H18N4O3S. The summed E-state index contributed by atoms with van der Waals surface area (Å²) in [6.07, 6.45) is 2.84. The van der Waals surface area contributed by atoms with Gasteiger partial charge in [-0.15, -0.1) is 0 Å². The summed E-state index contributed by atoms with van der Waals surface area (Å²) >= 11 is 0. The molecule has 0 aliphatic rings. The molecule has 21 heavy (non-hydrogen) atoms. The molecular weight excluding hydrogens is 292 g/mol. The van der Waals surface area contributed by atoms with Crippen molar-refractivity contribution in [1.29, 1.82) is 0 Å². The SMILES string of the molecule is CNc1ccncc1S(=O)(=O)NC(C)c1c(C)noc1C. The number of nitrogens with one attached hydrogen (secondary N) is 2.